The predicted octanol–water partition coefficient (Wildman–Crippen LogP) is 4.83. The fourth-order valence-corrected chi connectivity index (χ4v) is 2.16. The minimum atomic E-state index is -0.117. The summed E-state index contributed by atoms with van der Waals surface area (Å²) >= 11 is 14.0. The maximum absolute atomic E-state index is 12.2. The number of ketones is 1. The molecular weight excluding hydrogens is 370 g/mol. The Morgan fingerprint density at radius 1 is 1.00 bits per heavy atom. The number of hydrogen-bond acceptors (Lipinski definition) is 1. The topological polar surface area (TPSA) is 17.1 Å². The molecule has 0 radical (unpaired) electrons. The molecule has 0 bridgehead atoms. The van der Waals surface area contributed by atoms with Crippen LogP contribution in [0.25, 0.3) is 0 Å². The van der Waals surface area contributed by atoms with Gasteiger partial charge in [0.05, 0.1) is 5.02 Å². The fourth-order valence-electron chi connectivity index (χ4n) is 1.43. The minimum Gasteiger partial charge on any atom is -0.289 e. The second-order valence-corrected chi connectivity index (χ2v) is 5.55. The zero-order valence-electron chi connectivity index (χ0n) is 8.58. The monoisotopic (exact) mass is 376 g/mol. The molecule has 17 heavy (non-hydrogen) atoms. The van der Waals surface area contributed by atoms with Crippen molar-refractivity contribution in [3.63, 3.8) is 0 Å². The van der Waals surface area contributed by atoms with Gasteiger partial charge in [-0.1, -0.05) is 23.2 Å². The summed E-state index contributed by atoms with van der Waals surface area (Å²) in [6.07, 6.45) is 0. The minimum absolute atomic E-state index is 0.117. The van der Waals surface area contributed by atoms with Gasteiger partial charge in [-0.15, -0.1) is 0 Å². The molecule has 2 aromatic rings. The van der Waals surface area contributed by atoms with Crippen molar-refractivity contribution in [2.24, 2.45) is 0 Å². The van der Waals surface area contributed by atoms with E-state index in [4.69, 9.17) is 23.2 Å². The lowest BCUT2D eigenvalue weighted by atomic mass is 10.0. The molecule has 0 heterocycles. The standard InChI is InChI=1S/C13H7Cl2IO/c14-9-3-6-12(15)11(7-9)13(17)8-1-4-10(16)5-2-8/h1-7H. The number of benzene rings is 2. The van der Waals surface area contributed by atoms with E-state index in [1.807, 2.05) is 12.1 Å². The molecular formula is C13H7Cl2IO. The van der Waals surface area contributed by atoms with Gasteiger partial charge in [0.15, 0.2) is 5.78 Å². The van der Waals surface area contributed by atoms with E-state index in [2.05, 4.69) is 22.6 Å². The Balaban J connectivity index is 2.43. The summed E-state index contributed by atoms with van der Waals surface area (Å²) in [7, 11) is 0. The highest BCUT2D eigenvalue weighted by atomic mass is 127. The van der Waals surface area contributed by atoms with Crippen molar-refractivity contribution in [3.05, 3.63) is 67.2 Å². The van der Waals surface area contributed by atoms with Crippen LogP contribution in [0.15, 0.2) is 42.5 Å². The van der Waals surface area contributed by atoms with E-state index in [1.54, 1.807) is 30.3 Å². The Bertz CT molecular complexity index is 564. The second kappa shape index (κ2) is 5.38. The summed E-state index contributed by atoms with van der Waals surface area (Å²) < 4.78 is 1.08. The maximum Gasteiger partial charge on any atom is 0.194 e. The zero-order chi connectivity index (χ0) is 12.4. The molecule has 2 rings (SSSR count). The summed E-state index contributed by atoms with van der Waals surface area (Å²) in [5.74, 6) is -0.117. The molecule has 4 heteroatoms. The van der Waals surface area contributed by atoms with Crippen LogP contribution < -0.4 is 0 Å². The van der Waals surface area contributed by atoms with Crippen molar-refractivity contribution >= 4 is 51.6 Å². The third-order valence-electron chi connectivity index (χ3n) is 2.28. The van der Waals surface area contributed by atoms with E-state index in [-0.39, 0.29) is 5.78 Å². The first-order valence-corrected chi connectivity index (χ1v) is 6.67. The second-order valence-electron chi connectivity index (χ2n) is 3.46. The first-order valence-electron chi connectivity index (χ1n) is 4.83. The number of halogens is 3. The first kappa shape index (κ1) is 12.9. The Morgan fingerprint density at radius 2 is 1.65 bits per heavy atom. The highest BCUT2D eigenvalue weighted by Crippen LogP contribution is 2.23. The quantitative estimate of drug-likeness (QED) is 0.542. The lowest BCUT2D eigenvalue weighted by Gasteiger charge is -2.04. The van der Waals surface area contributed by atoms with Gasteiger partial charge in [0, 0.05) is 19.7 Å². The lowest BCUT2D eigenvalue weighted by molar-refractivity contribution is 0.103. The van der Waals surface area contributed by atoms with E-state index in [0.29, 0.717) is 21.2 Å². The molecule has 0 aliphatic rings. The van der Waals surface area contributed by atoms with Crippen molar-refractivity contribution in [2.45, 2.75) is 0 Å². The van der Waals surface area contributed by atoms with Gasteiger partial charge in [-0.2, -0.15) is 0 Å². The van der Waals surface area contributed by atoms with Gasteiger partial charge < -0.3 is 0 Å². The zero-order valence-corrected chi connectivity index (χ0v) is 12.3. The number of carbonyl (C=O) groups is 1. The summed E-state index contributed by atoms with van der Waals surface area (Å²) in [4.78, 5) is 12.2. The van der Waals surface area contributed by atoms with Crippen molar-refractivity contribution in [3.8, 4) is 0 Å². The van der Waals surface area contributed by atoms with Gasteiger partial charge in [-0.05, 0) is 65.1 Å². The Morgan fingerprint density at radius 3 is 2.29 bits per heavy atom. The van der Waals surface area contributed by atoms with Crippen LogP contribution in [-0.2, 0) is 0 Å². The van der Waals surface area contributed by atoms with Gasteiger partial charge in [-0.25, -0.2) is 0 Å². The molecule has 0 saturated heterocycles. The predicted molar refractivity (Wildman–Crippen MR) is 79.1 cm³/mol. The lowest BCUT2D eigenvalue weighted by Crippen LogP contribution is -2.02. The van der Waals surface area contributed by atoms with Gasteiger partial charge in [0.2, 0.25) is 0 Å². The van der Waals surface area contributed by atoms with Crippen LogP contribution in [0.2, 0.25) is 10.0 Å². The molecule has 86 valence electrons. The van der Waals surface area contributed by atoms with Gasteiger partial charge >= 0.3 is 0 Å². The van der Waals surface area contributed by atoms with Crippen molar-refractivity contribution < 1.29 is 4.79 Å². The SMILES string of the molecule is O=C(c1ccc(I)cc1)c1cc(Cl)ccc1Cl. The fraction of sp³-hybridized carbons (Fsp3) is 0. The van der Waals surface area contributed by atoms with E-state index in [9.17, 15) is 4.79 Å². The summed E-state index contributed by atoms with van der Waals surface area (Å²) in [6, 6.07) is 12.2. The number of carbonyl (C=O) groups excluding carboxylic acids is 1. The van der Waals surface area contributed by atoms with Crippen LogP contribution in [0.4, 0.5) is 0 Å². The molecule has 0 atom stereocenters. The maximum atomic E-state index is 12.2. The normalized spacial score (nSPS) is 10.3. The van der Waals surface area contributed by atoms with Crippen LogP contribution >= 0.6 is 45.8 Å². The average Bonchev–Trinajstić information content (AvgIpc) is 2.32. The Hall–Kier alpha value is -0.580. The van der Waals surface area contributed by atoms with Crippen molar-refractivity contribution in [1.82, 2.24) is 0 Å². The molecule has 0 spiro atoms. The van der Waals surface area contributed by atoms with Crippen molar-refractivity contribution in [2.75, 3.05) is 0 Å². The van der Waals surface area contributed by atoms with Gasteiger partial charge in [0.25, 0.3) is 0 Å². The molecule has 0 aliphatic heterocycles. The third-order valence-corrected chi connectivity index (χ3v) is 3.56. The Labute approximate surface area is 123 Å². The first-order chi connectivity index (χ1) is 8.08. The molecule has 0 saturated carbocycles. The molecule has 0 fully saturated rings. The largest absolute Gasteiger partial charge is 0.289 e. The van der Waals surface area contributed by atoms with E-state index in [1.165, 1.54) is 0 Å². The number of hydrogen-bond donors (Lipinski definition) is 0. The molecule has 0 aliphatic carbocycles. The highest BCUT2D eigenvalue weighted by molar-refractivity contribution is 14.1. The molecule has 1 nitrogen and oxygen atoms in total. The Kier molecular flexibility index (Phi) is 4.07. The van der Waals surface area contributed by atoms with Crippen LogP contribution in [0.5, 0.6) is 0 Å². The highest BCUT2D eigenvalue weighted by Gasteiger charge is 2.13. The smallest absolute Gasteiger partial charge is 0.194 e. The van der Waals surface area contributed by atoms with Crippen LogP contribution in [0.3, 0.4) is 0 Å². The van der Waals surface area contributed by atoms with Crippen LogP contribution in [0, 0.1) is 3.57 Å². The van der Waals surface area contributed by atoms with Crippen LogP contribution in [-0.4, -0.2) is 5.78 Å². The van der Waals surface area contributed by atoms with Gasteiger partial charge in [-0.3, -0.25) is 4.79 Å². The van der Waals surface area contributed by atoms with E-state index in [0.717, 1.165) is 3.57 Å². The third kappa shape index (κ3) is 3.00. The summed E-state index contributed by atoms with van der Waals surface area (Å²) in [5.41, 5.74) is 1.04. The average molecular weight is 377 g/mol. The molecule has 0 aromatic heterocycles. The molecule has 0 unspecified atom stereocenters. The van der Waals surface area contributed by atoms with Gasteiger partial charge in [0.1, 0.15) is 0 Å². The molecule has 0 amide bonds. The van der Waals surface area contributed by atoms with Crippen LogP contribution in [0.1, 0.15) is 15.9 Å². The number of rotatable bonds is 2. The van der Waals surface area contributed by atoms with E-state index >= 15 is 0 Å². The summed E-state index contributed by atoms with van der Waals surface area (Å²) in [5, 5.41) is 0.918. The van der Waals surface area contributed by atoms with E-state index < -0.39 is 0 Å². The van der Waals surface area contributed by atoms with Crippen molar-refractivity contribution in [1.29, 1.82) is 0 Å². The summed E-state index contributed by atoms with van der Waals surface area (Å²) in [6.45, 7) is 0. The molecule has 2 aromatic carbocycles. The molecule has 0 N–H and O–H groups in total.